The third kappa shape index (κ3) is 4.10. The number of aliphatic carboxylic acids is 1. The molecular formula is C14H16F3NO3. The Balaban J connectivity index is 2.17. The lowest BCUT2D eigenvalue weighted by atomic mass is 9.74. The van der Waals surface area contributed by atoms with Gasteiger partial charge in [0.2, 0.25) is 0 Å². The SMILES string of the molecule is O=C(O)C1(Cc2cccc(OC(F)(F)F)c2)CCNCC1. The number of ether oxygens (including phenoxy) is 1. The monoisotopic (exact) mass is 303 g/mol. The minimum Gasteiger partial charge on any atom is -0.481 e. The molecule has 2 rings (SSSR count). The maximum absolute atomic E-state index is 12.2. The van der Waals surface area contributed by atoms with Crippen molar-refractivity contribution in [1.29, 1.82) is 0 Å². The smallest absolute Gasteiger partial charge is 0.481 e. The normalized spacial score (nSPS) is 18.2. The molecule has 0 bridgehead atoms. The lowest BCUT2D eigenvalue weighted by molar-refractivity contribution is -0.274. The third-order valence-electron chi connectivity index (χ3n) is 3.69. The second-order valence-electron chi connectivity index (χ2n) is 5.21. The highest BCUT2D eigenvalue weighted by Gasteiger charge is 2.39. The van der Waals surface area contributed by atoms with Gasteiger partial charge in [0.1, 0.15) is 5.75 Å². The summed E-state index contributed by atoms with van der Waals surface area (Å²) in [5.74, 6) is -1.24. The maximum Gasteiger partial charge on any atom is 0.573 e. The molecule has 1 aromatic carbocycles. The molecule has 0 atom stereocenters. The van der Waals surface area contributed by atoms with Crippen molar-refractivity contribution in [3.05, 3.63) is 29.8 Å². The van der Waals surface area contributed by atoms with Gasteiger partial charge < -0.3 is 15.2 Å². The molecule has 0 aromatic heterocycles. The van der Waals surface area contributed by atoms with E-state index in [-0.39, 0.29) is 12.2 Å². The number of piperidine rings is 1. The number of carboxylic acids is 1. The second kappa shape index (κ2) is 5.93. The van der Waals surface area contributed by atoms with Crippen LogP contribution in [0.5, 0.6) is 5.75 Å². The Morgan fingerprint density at radius 2 is 2.00 bits per heavy atom. The van der Waals surface area contributed by atoms with Crippen molar-refractivity contribution in [2.75, 3.05) is 13.1 Å². The van der Waals surface area contributed by atoms with Crippen LogP contribution in [-0.4, -0.2) is 30.5 Å². The van der Waals surface area contributed by atoms with Crippen LogP contribution in [0.15, 0.2) is 24.3 Å². The first kappa shape index (κ1) is 15.6. The summed E-state index contributed by atoms with van der Waals surface area (Å²) < 4.78 is 40.5. The number of alkyl halides is 3. The van der Waals surface area contributed by atoms with Crippen molar-refractivity contribution in [2.24, 2.45) is 5.41 Å². The van der Waals surface area contributed by atoms with Crippen LogP contribution in [0.1, 0.15) is 18.4 Å². The van der Waals surface area contributed by atoms with E-state index in [0.717, 1.165) is 0 Å². The lowest BCUT2D eigenvalue weighted by Gasteiger charge is -2.33. The number of carboxylic acid groups (broad SMARTS) is 1. The molecule has 7 heteroatoms. The Bertz CT molecular complexity index is 510. The van der Waals surface area contributed by atoms with Crippen molar-refractivity contribution < 1.29 is 27.8 Å². The van der Waals surface area contributed by atoms with Crippen LogP contribution in [0.3, 0.4) is 0 Å². The fraction of sp³-hybridized carbons (Fsp3) is 0.500. The molecule has 0 unspecified atom stereocenters. The van der Waals surface area contributed by atoms with Gasteiger partial charge in [-0.2, -0.15) is 0 Å². The summed E-state index contributed by atoms with van der Waals surface area (Å²) in [6.45, 7) is 1.18. The maximum atomic E-state index is 12.2. The fourth-order valence-corrected chi connectivity index (χ4v) is 2.61. The minimum absolute atomic E-state index is 0.194. The molecule has 1 aliphatic heterocycles. The largest absolute Gasteiger partial charge is 0.573 e. The van der Waals surface area contributed by atoms with Crippen molar-refractivity contribution >= 4 is 5.97 Å². The number of rotatable bonds is 4. The van der Waals surface area contributed by atoms with Crippen LogP contribution in [-0.2, 0) is 11.2 Å². The van der Waals surface area contributed by atoms with E-state index in [4.69, 9.17) is 0 Å². The van der Waals surface area contributed by atoms with E-state index in [1.807, 2.05) is 0 Å². The van der Waals surface area contributed by atoms with Crippen LogP contribution in [0.2, 0.25) is 0 Å². The number of nitrogens with one attached hydrogen (secondary N) is 1. The first-order chi connectivity index (χ1) is 9.81. The number of benzene rings is 1. The molecule has 1 heterocycles. The zero-order chi connectivity index (χ0) is 15.5. The van der Waals surface area contributed by atoms with E-state index >= 15 is 0 Å². The van der Waals surface area contributed by atoms with Crippen molar-refractivity contribution in [3.8, 4) is 5.75 Å². The highest BCUT2D eigenvalue weighted by molar-refractivity contribution is 5.75. The summed E-state index contributed by atoms with van der Waals surface area (Å²) in [6, 6.07) is 5.51. The first-order valence-electron chi connectivity index (χ1n) is 6.60. The molecule has 116 valence electrons. The molecule has 1 aliphatic rings. The summed E-state index contributed by atoms with van der Waals surface area (Å²) in [5, 5.41) is 12.6. The van der Waals surface area contributed by atoms with Gasteiger partial charge in [0.15, 0.2) is 0 Å². The predicted octanol–water partition coefficient (Wildman–Crippen LogP) is 2.58. The van der Waals surface area contributed by atoms with Gasteiger partial charge in [-0.1, -0.05) is 12.1 Å². The molecule has 1 fully saturated rings. The van der Waals surface area contributed by atoms with Crippen LogP contribution in [0, 0.1) is 5.41 Å². The average molecular weight is 303 g/mol. The highest BCUT2D eigenvalue weighted by atomic mass is 19.4. The molecule has 0 spiro atoms. The number of hydrogen-bond acceptors (Lipinski definition) is 3. The van der Waals surface area contributed by atoms with Gasteiger partial charge in [-0.3, -0.25) is 4.79 Å². The van der Waals surface area contributed by atoms with Crippen LogP contribution >= 0.6 is 0 Å². The average Bonchev–Trinajstić information content (AvgIpc) is 2.38. The van der Waals surface area contributed by atoms with E-state index in [0.29, 0.717) is 31.5 Å². The van der Waals surface area contributed by atoms with Gasteiger partial charge in [-0.25, -0.2) is 0 Å². The van der Waals surface area contributed by atoms with Gasteiger partial charge >= 0.3 is 12.3 Å². The first-order valence-corrected chi connectivity index (χ1v) is 6.60. The van der Waals surface area contributed by atoms with Crippen molar-refractivity contribution in [3.63, 3.8) is 0 Å². The lowest BCUT2D eigenvalue weighted by Crippen LogP contribution is -2.43. The molecule has 0 radical (unpaired) electrons. The fourth-order valence-electron chi connectivity index (χ4n) is 2.61. The molecule has 1 saturated heterocycles. The quantitative estimate of drug-likeness (QED) is 0.897. The van der Waals surface area contributed by atoms with Gasteiger partial charge in [0, 0.05) is 0 Å². The minimum atomic E-state index is -4.75. The Morgan fingerprint density at radius 1 is 1.33 bits per heavy atom. The Hall–Kier alpha value is -1.76. The zero-order valence-electron chi connectivity index (χ0n) is 11.2. The third-order valence-corrected chi connectivity index (χ3v) is 3.69. The van der Waals surface area contributed by atoms with Crippen LogP contribution in [0.25, 0.3) is 0 Å². The van der Waals surface area contributed by atoms with Crippen LogP contribution < -0.4 is 10.1 Å². The number of carbonyl (C=O) groups is 1. The topological polar surface area (TPSA) is 58.6 Å². The highest BCUT2D eigenvalue weighted by Crippen LogP contribution is 2.34. The Labute approximate surface area is 119 Å². The standard InChI is InChI=1S/C14H16F3NO3/c15-14(16,17)21-11-3-1-2-10(8-11)9-13(12(19)20)4-6-18-7-5-13/h1-3,8,18H,4-7,9H2,(H,19,20). The summed E-state index contributed by atoms with van der Waals surface area (Å²) >= 11 is 0. The summed E-state index contributed by atoms with van der Waals surface area (Å²) in [4.78, 5) is 11.6. The number of halogens is 3. The molecule has 0 saturated carbocycles. The van der Waals surface area contributed by atoms with Crippen molar-refractivity contribution in [2.45, 2.75) is 25.6 Å². The summed E-state index contributed by atoms with van der Waals surface area (Å²) in [7, 11) is 0. The Morgan fingerprint density at radius 3 is 2.57 bits per heavy atom. The van der Waals surface area contributed by atoms with Crippen molar-refractivity contribution in [1.82, 2.24) is 5.32 Å². The summed E-state index contributed by atoms with van der Waals surface area (Å²) in [5.41, 5.74) is -0.400. The van der Waals surface area contributed by atoms with E-state index in [1.165, 1.54) is 18.2 Å². The van der Waals surface area contributed by atoms with E-state index < -0.39 is 17.7 Å². The molecule has 0 amide bonds. The predicted molar refractivity (Wildman–Crippen MR) is 69.0 cm³/mol. The Kier molecular flexibility index (Phi) is 4.41. The van der Waals surface area contributed by atoms with E-state index in [9.17, 15) is 23.1 Å². The molecule has 1 aromatic rings. The van der Waals surface area contributed by atoms with Gasteiger partial charge in [0.25, 0.3) is 0 Å². The van der Waals surface area contributed by atoms with Crippen LogP contribution in [0.4, 0.5) is 13.2 Å². The second-order valence-corrected chi connectivity index (χ2v) is 5.21. The molecule has 0 aliphatic carbocycles. The molecular weight excluding hydrogens is 287 g/mol. The van der Waals surface area contributed by atoms with Gasteiger partial charge in [-0.05, 0) is 50.0 Å². The molecule has 4 nitrogen and oxygen atoms in total. The van der Waals surface area contributed by atoms with E-state index in [1.54, 1.807) is 6.07 Å². The zero-order valence-corrected chi connectivity index (χ0v) is 11.2. The van der Waals surface area contributed by atoms with Gasteiger partial charge in [0.05, 0.1) is 5.41 Å². The number of hydrogen-bond donors (Lipinski definition) is 2. The van der Waals surface area contributed by atoms with E-state index in [2.05, 4.69) is 10.1 Å². The molecule has 2 N–H and O–H groups in total. The molecule has 21 heavy (non-hydrogen) atoms. The van der Waals surface area contributed by atoms with Gasteiger partial charge in [-0.15, -0.1) is 13.2 Å². The summed E-state index contributed by atoms with van der Waals surface area (Å²) in [6.07, 6.45) is -3.66.